The molecule has 0 bridgehead atoms. The van der Waals surface area contributed by atoms with Crippen molar-refractivity contribution < 1.29 is 14.3 Å². The minimum absolute atomic E-state index is 0.370. The van der Waals surface area contributed by atoms with Gasteiger partial charge in [0.25, 0.3) is 5.24 Å². The smallest absolute Gasteiger partial charge is 0.252 e. The second-order valence-corrected chi connectivity index (χ2v) is 5.32. The third kappa shape index (κ3) is 4.93. The summed E-state index contributed by atoms with van der Waals surface area (Å²) in [6.45, 7) is 0.867. The largest absolute Gasteiger partial charge is 0.490 e. The molecule has 0 radical (unpaired) electrons. The lowest BCUT2D eigenvalue weighted by molar-refractivity contribution is 0.108. The molecule has 0 aliphatic heterocycles. The Hall–Kier alpha value is -1.71. The van der Waals surface area contributed by atoms with Crippen LogP contribution < -0.4 is 9.47 Å². The molecular formula is C17H16Cl2O3. The topological polar surface area (TPSA) is 35.5 Å². The molecule has 2 rings (SSSR count). The van der Waals surface area contributed by atoms with Crippen LogP contribution in [0.1, 0.15) is 22.3 Å². The van der Waals surface area contributed by atoms with Crippen LogP contribution in [-0.4, -0.2) is 17.7 Å². The molecule has 0 aliphatic rings. The van der Waals surface area contributed by atoms with Crippen molar-refractivity contribution in [3.05, 3.63) is 59.7 Å². The Balaban J connectivity index is 2.12. The summed E-state index contributed by atoms with van der Waals surface area (Å²) in [7, 11) is 0. The predicted molar refractivity (Wildman–Crippen MR) is 88.2 cm³/mol. The van der Waals surface area contributed by atoms with Crippen molar-refractivity contribution in [3.8, 4) is 11.5 Å². The van der Waals surface area contributed by atoms with E-state index < -0.39 is 5.24 Å². The standard InChI is InChI=1S/C17H16Cl2O3/c18-9-4-10-21-16-11-14(17(19)20)7-8-15(16)22-12-13-5-2-1-3-6-13/h1-3,5-8,11H,4,9-10,12H2. The molecule has 0 saturated heterocycles. The first kappa shape index (κ1) is 16.7. The van der Waals surface area contributed by atoms with Crippen LogP contribution in [0.15, 0.2) is 48.5 Å². The SMILES string of the molecule is O=C(Cl)c1ccc(OCc2ccccc2)c(OCCCCl)c1. The van der Waals surface area contributed by atoms with Gasteiger partial charge < -0.3 is 9.47 Å². The number of alkyl halides is 1. The molecule has 0 aromatic heterocycles. The summed E-state index contributed by atoms with van der Waals surface area (Å²) < 4.78 is 11.4. The molecule has 0 N–H and O–H groups in total. The van der Waals surface area contributed by atoms with Crippen LogP contribution in [0.4, 0.5) is 0 Å². The monoisotopic (exact) mass is 338 g/mol. The molecule has 0 aliphatic carbocycles. The maximum atomic E-state index is 11.3. The van der Waals surface area contributed by atoms with Gasteiger partial charge in [-0.2, -0.15) is 0 Å². The number of carbonyl (C=O) groups is 1. The van der Waals surface area contributed by atoms with Crippen LogP contribution in [0, 0.1) is 0 Å². The summed E-state index contributed by atoms with van der Waals surface area (Å²) in [6, 6.07) is 14.7. The quantitative estimate of drug-likeness (QED) is 0.399. The highest BCUT2D eigenvalue weighted by atomic mass is 35.5. The Bertz CT molecular complexity index is 615. The fourth-order valence-electron chi connectivity index (χ4n) is 1.83. The molecule has 22 heavy (non-hydrogen) atoms. The van der Waals surface area contributed by atoms with Gasteiger partial charge in [-0.1, -0.05) is 30.3 Å². The fourth-order valence-corrected chi connectivity index (χ4v) is 2.06. The van der Waals surface area contributed by atoms with Crippen molar-refractivity contribution in [1.82, 2.24) is 0 Å². The van der Waals surface area contributed by atoms with Crippen molar-refractivity contribution in [1.29, 1.82) is 0 Å². The van der Waals surface area contributed by atoms with E-state index in [1.165, 1.54) is 0 Å². The Morgan fingerprint density at radius 1 is 1.00 bits per heavy atom. The number of hydrogen-bond acceptors (Lipinski definition) is 3. The lowest BCUT2D eigenvalue weighted by atomic mass is 10.2. The van der Waals surface area contributed by atoms with E-state index in [1.807, 2.05) is 30.3 Å². The van der Waals surface area contributed by atoms with Gasteiger partial charge in [0.2, 0.25) is 0 Å². The zero-order valence-electron chi connectivity index (χ0n) is 11.9. The molecule has 0 saturated carbocycles. The Morgan fingerprint density at radius 2 is 1.77 bits per heavy atom. The molecule has 3 nitrogen and oxygen atoms in total. The minimum Gasteiger partial charge on any atom is -0.490 e. The Labute approximate surface area is 139 Å². The van der Waals surface area contributed by atoms with E-state index >= 15 is 0 Å². The van der Waals surface area contributed by atoms with E-state index in [9.17, 15) is 4.79 Å². The van der Waals surface area contributed by atoms with Gasteiger partial charge in [0.1, 0.15) is 6.61 Å². The summed E-state index contributed by atoms with van der Waals surface area (Å²) in [5.41, 5.74) is 1.42. The Kier molecular flexibility index (Phi) is 6.56. The van der Waals surface area contributed by atoms with E-state index in [0.29, 0.717) is 42.6 Å². The minimum atomic E-state index is -0.531. The summed E-state index contributed by atoms with van der Waals surface area (Å²) >= 11 is 11.1. The maximum Gasteiger partial charge on any atom is 0.252 e. The highest BCUT2D eigenvalue weighted by Gasteiger charge is 2.10. The molecular weight excluding hydrogens is 323 g/mol. The van der Waals surface area contributed by atoms with E-state index in [0.717, 1.165) is 5.56 Å². The summed E-state index contributed by atoms with van der Waals surface area (Å²) in [6.07, 6.45) is 0.707. The summed E-state index contributed by atoms with van der Waals surface area (Å²) in [5.74, 6) is 1.57. The van der Waals surface area contributed by atoms with Crippen molar-refractivity contribution in [2.24, 2.45) is 0 Å². The highest BCUT2D eigenvalue weighted by molar-refractivity contribution is 6.67. The van der Waals surface area contributed by atoms with Crippen LogP contribution in [0.5, 0.6) is 11.5 Å². The van der Waals surface area contributed by atoms with E-state index in [2.05, 4.69) is 0 Å². The second-order valence-electron chi connectivity index (χ2n) is 4.60. The maximum absolute atomic E-state index is 11.3. The van der Waals surface area contributed by atoms with Crippen molar-refractivity contribution in [3.63, 3.8) is 0 Å². The first-order chi connectivity index (χ1) is 10.7. The highest BCUT2D eigenvalue weighted by Crippen LogP contribution is 2.30. The van der Waals surface area contributed by atoms with Crippen molar-refractivity contribution >= 4 is 28.4 Å². The molecule has 0 spiro atoms. The molecule has 0 unspecified atom stereocenters. The lowest BCUT2D eigenvalue weighted by Crippen LogP contribution is -2.03. The first-order valence-corrected chi connectivity index (χ1v) is 7.81. The average Bonchev–Trinajstić information content (AvgIpc) is 2.54. The third-order valence-electron chi connectivity index (χ3n) is 2.94. The van der Waals surface area contributed by atoms with Crippen LogP contribution >= 0.6 is 23.2 Å². The molecule has 5 heteroatoms. The first-order valence-electron chi connectivity index (χ1n) is 6.90. The van der Waals surface area contributed by atoms with E-state index in [4.69, 9.17) is 32.7 Å². The van der Waals surface area contributed by atoms with Crippen LogP contribution in [-0.2, 0) is 6.61 Å². The van der Waals surface area contributed by atoms with Gasteiger partial charge in [-0.25, -0.2) is 0 Å². The molecule has 2 aromatic carbocycles. The van der Waals surface area contributed by atoms with Crippen molar-refractivity contribution in [2.75, 3.05) is 12.5 Å². The fraction of sp³-hybridized carbons (Fsp3) is 0.235. The van der Waals surface area contributed by atoms with Gasteiger partial charge in [0.15, 0.2) is 11.5 Å². The average molecular weight is 339 g/mol. The number of halogens is 2. The van der Waals surface area contributed by atoms with E-state index in [1.54, 1.807) is 18.2 Å². The van der Waals surface area contributed by atoms with Crippen LogP contribution in [0.2, 0.25) is 0 Å². The molecule has 0 fully saturated rings. The number of benzene rings is 2. The number of ether oxygens (including phenoxy) is 2. The number of hydrogen-bond donors (Lipinski definition) is 0. The second kappa shape index (κ2) is 8.66. The molecule has 116 valence electrons. The van der Waals surface area contributed by atoms with Crippen LogP contribution in [0.3, 0.4) is 0 Å². The lowest BCUT2D eigenvalue weighted by Gasteiger charge is -2.13. The number of rotatable bonds is 8. The van der Waals surface area contributed by atoms with Gasteiger partial charge in [-0.15, -0.1) is 11.6 Å². The van der Waals surface area contributed by atoms with E-state index in [-0.39, 0.29) is 0 Å². The normalized spacial score (nSPS) is 10.3. The third-order valence-corrected chi connectivity index (χ3v) is 3.43. The van der Waals surface area contributed by atoms with Gasteiger partial charge in [0, 0.05) is 11.4 Å². The van der Waals surface area contributed by atoms with Crippen molar-refractivity contribution in [2.45, 2.75) is 13.0 Å². The molecule has 0 amide bonds. The summed E-state index contributed by atoms with van der Waals surface area (Å²) in [5, 5.41) is -0.531. The van der Waals surface area contributed by atoms with Gasteiger partial charge in [0.05, 0.1) is 6.61 Å². The molecule has 2 aromatic rings. The molecule has 0 heterocycles. The zero-order chi connectivity index (χ0) is 15.8. The number of carbonyl (C=O) groups excluding carboxylic acids is 1. The summed E-state index contributed by atoms with van der Waals surface area (Å²) in [4.78, 5) is 11.3. The zero-order valence-corrected chi connectivity index (χ0v) is 13.4. The van der Waals surface area contributed by atoms with Crippen LogP contribution in [0.25, 0.3) is 0 Å². The van der Waals surface area contributed by atoms with Gasteiger partial charge >= 0.3 is 0 Å². The van der Waals surface area contributed by atoms with Gasteiger partial charge in [-0.05, 0) is 41.8 Å². The Morgan fingerprint density at radius 3 is 2.45 bits per heavy atom. The predicted octanol–water partition coefficient (Wildman–Crippen LogP) is 4.65. The van der Waals surface area contributed by atoms with Gasteiger partial charge in [-0.3, -0.25) is 4.79 Å². The molecule has 0 atom stereocenters.